The van der Waals surface area contributed by atoms with Crippen molar-refractivity contribution in [1.29, 1.82) is 0 Å². The zero-order valence-corrected chi connectivity index (χ0v) is 18.8. The maximum atomic E-state index is 11.9. The van der Waals surface area contributed by atoms with Gasteiger partial charge in [0, 0.05) is 13.0 Å². The molecule has 30 heavy (non-hydrogen) atoms. The number of carbonyl (C=O) groups is 1. The molecule has 170 valence electrons. The number of nitrogens with zero attached hydrogens (tertiary/aromatic N) is 1. The van der Waals surface area contributed by atoms with E-state index in [1.807, 2.05) is 43.3 Å². The number of aromatic hydroxyl groups is 1. The minimum atomic E-state index is 0. The molecule has 0 aromatic heterocycles. The third-order valence-electron chi connectivity index (χ3n) is 4.62. The Hall–Kier alpha value is -2.17. The summed E-state index contributed by atoms with van der Waals surface area (Å²) in [6, 6.07) is 17.4. The number of carbonyl (C=O) groups excluding carboxylic acids is 1. The predicted molar refractivity (Wildman–Crippen MR) is 129 cm³/mol. The number of Topliss-reactive ketones (excluding diaryl/α,β-unsaturated/α-hetero) is 1. The van der Waals surface area contributed by atoms with Gasteiger partial charge in [-0.1, -0.05) is 69.8 Å². The topological polar surface area (TPSA) is 60.8 Å². The fraction of sp³-hybridized carbons (Fsp3) is 0.500. The number of aliphatic hydroxyl groups is 1. The first kappa shape index (κ1) is 30.0. The van der Waals surface area contributed by atoms with E-state index < -0.39 is 0 Å². The van der Waals surface area contributed by atoms with E-state index in [9.17, 15) is 4.79 Å². The molecule has 1 unspecified atom stereocenters. The van der Waals surface area contributed by atoms with Crippen LogP contribution >= 0.6 is 0 Å². The fourth-order valence-electron chi connectivity index (χ4n) is 3.13. The van der Waals surface area contributed by atoms with Gasteiger partial charge in [-0.15, -0.1) is 0 Å². The van der Waals surface area contributed by atoms with Crippen LogP contribution in [0.1, 0.15) is 64.5 Å². The lowest BCUT2D eigenvalue weighted by Gasteiger charge is -2.23. The van der Waals surface area contributed by atoms with Crippen molar-refractivity contribution >= 4 is 5.78 Å². The molecule has 0 radical (unpaired) electrons. The lowest BCUT2D eigenvalue weighted by atomic mass is 9.92. The van der Waals surface area contributed by atoms with E-state index in [4.69, 9.17) is 10.2 Å². The Labute approximate surface area is 184 Å². The smallest absolute Gasteiger partial charge is 0.137 e. The highest BCUT2D eigenvalue weighted by atomic mass is 16.3. The number of rotatable bonds is 9. The highest BCUT2D eigenvalue weighted by molar-refractivity contribution is 5.83. The number of phenols is 1. The number of phenolic OH excluding ortho intramolecular Hbond substituents is 1. The molecule has 0 saturated carbocycles. The Bertz CT molecular complexity index is 631. The van der Waals surface area contributed by atoms with Crippen LogP contribution in [0.15, 0.2) is 54.6 Å². The first-order valence-electron chi connectivity index (χ1n) is 10.5. The molecule has 0 amide bonds. The van der Waals surface area contributed by atoms with Gasteiger partial charge < -0.3 is 15.1 Å². The van der Waals surface area contributed by atoms with Gasteiger partial charge >= 0.3 is 0 Å². The summed E-state index contributed by atoms with van der Waals surface area (Å²) in [5, 5.41) is 15.9. The third kappa shape index (κ3) is 12.4. The van der Waals surface area contributed by atoms with E-state index in [1.54, 1.807) is 13.0 Å². The second-order valence-corrected chi connectivity index (χ2v) is 6.99. The number of aliphatic hydroxyl groups excluding tert-OH is 1. The summed E-state index contributed by atoms with van der Waals surface area (Å²) >= 11 is 0. The molecular formula is C26H43NO3. The summed E-state index contributed by atoms with van der Waals surface area (Å²) in [5.41, 5.74) is 2.08. The van der Waals surface area contributed by atoms with Crippen LogP contribution in [0.3, 0.4) is 0 Å². The molecule has 0 saturated heterocycles. The van der Waals surface area contributed by atoms with Gasteiger partial charge in [-0.2, -0.15) is 0 Å². The lowest BCUT2D eigenvalue weighted by molar-refractivity contribution is -0.118. The van der Waals surface area contributed by atoms with Crippen molar-refractivity contribution in [3.05, 3.63) is 65.7 Å². The fourth-order valence-corrected chi connectivity index (χ4v) is 3.13. The molecule has 0 aliphatic heterocycles. The van der Waals surface area contributed by atoms with Crippen molar-refractivity contribution < 1.29 is 15.0 Å². The highest BCUT2D eigenvalue weighted by Crippen LogP contribution is 2.21. The number of hydrogen-bond donors (Lipinski definition) is 2. The number of benzene rings is 2. The molecule has 0 fully saturated rings. The van der Waals surface area contributed by atoms with Crippen molar-refractivity contribution in [2.45, 2.75) is 60.3 Å². The molecular weight excluding hydrogens is 374 g/mol. The van der Waals surface area contributed by atoms with Gasteiger partial charge in [-0.3, -0.25) is 4.79 Å². The molecule has 1 atom stereocenters. The molecule has 2 rings (SSSR count). The van der Waals surface area contributed by atoms with Crippen LogP contribution in [0.2, 0.25) is 0 Å². The van der Waals surface area contributed by atoms with Gasteiger partial charge in [0.25, 0.3) is 0 Å². The first-order valence-corrected chi connectivity index (χ1v) is 10.5. The number of hydrogen-bond acceptors (Lipinski definition) is 4. The van der Waals surface area contributed by atoms with E-state index in [2.05, 4.69) is 30.9 Å². The summed E-state index contributed by atoms with van der Waals surface area (Å²) in [7, 11) is 1.00. The molecule has 2 aromatic rings. The van der Waals surface area contributed by atoms with Gasteiger partial charge in [0.15, 0.2) is 0 Å². The molecule has 2 aromatic carbocycles. The number of ketones is 1. The zero-order valence-electron chi connectivity index (χ0n) is 18.8. The highest BCUT2D eigenvalue weighted by Gasteiger charge is 2.17. The van der Waals surface area contributed by atoms with Gasteiger partial charge in [0.05, 0.1) is 0 Å². The predicted octanol–water partition coefficient (Wildman–Crippen LogP) is 5.82. The maximum absolute atomic E-state index is 11.9. The van der Waals surface area contributed by atoms with Gasteiger partial charge in [0.1, 0.15) is 11.5 Å². The van der Waals surface area contributed by atoms with Crippen LogP contribution in [0.25, 0.3) is 0 Å². The van der Waals surface area contributed by atoms with Crippen molar-refractivity contribution in [1.82, 2.24) is 4.90 Å². The van der Waals surface area contributed by atoms with E-state index in [1.165, 1.54) is 12.8 Å². The van der Waals surface area contributed by atoms with Crippen LogP contribution in [-0.2, 0) is 4.79 Å². The first-order chi connectivity index (χ1) is 14.0. The molecule has 4 nitrogen and oxygen atoms in total. The van der Waals surface area contributed by atoms with Crippen LogP contribution in [0.4, 0.5) is 0 Å². The Kier molecular flexibility index (Phi) is 18.8. The minimum Gasteiger partial charge on any atom is -0.508 e. The SMILES string of the molecule is C.CCCN(CCC)CCC(C(C)=O)c1ccccc1.CO.Cc1ccccc1O. The number of aryl methyl sites for hydroxylation is 1. The molecule has 0 bridgehead atoms. The molecule has 4 heteroatoms. The Morgan fingerprint density at radius 3 is 1.80 bits per heavy atom. The minimum absolute atomic E-state index is 0. The normalized spacial score (nSPS) is 10.6. The zero-order chi connectivity index (χ0) is 22.1. The lowest BCUT2D eigenvalue weighted by Crippen LogP contribution is -2.28. The quantitative estimate of drug-likeness (QED) is 0.540. The van der Waals surface area contributed by atoms with Crippen LogP contribution in [0, 0.1) is 6.92 Å². The van der Waals surface area contributed by atoms with Crippen molar-refractivity contribution in [2.24, 2.45) is 0 Å². The van der Waals surface area contributed by atoms with Gasteiger partial charge in [0.2, 0.25) is 0 Å². The van der Waals surface area contributed by atoms with Crippen molar-refractivity contribution in [2.75, 3.05) is 26.7 Å². The average Bonchev–Trinajstić information content (AvgIpc) is 2.73. The summed E-state index contributed by atoms with van der Waals surface area (Å²) in [4.78, 5) is 14.3. The standard InChI is InChI=1S/C17H27NO.C7H8O.CH4O.CH4/c1-4-12-18(13-5-2)14-11-17(15(3)19)16-9-7-6-8-10-16;1-6-4-2-3-5-7(6)8;1-2;/h6-10,17H,4-5,11-14H2,1-3H3;2-5,8H,1H3;2H,1H3;1H4. The van der Waals surface area contributed by atoms with Gasteiger partial charge in [-0.05, 0) is 69.9 Å². The van der Waals surface area contributed by atoms with Crippen LogP contribution in [0.5, 0.6) is 5.75 Å². The van der Waals surface area contributed by atoms with E-state index in [0.29, 0.717) is 5.75 Å². The van der Waals surface area contributed by atoms with Crippen molar-refractivity contribution in [3.8, 4) is 5.75 Å². The van der Waals surface area contributed by atoms with E-state index in [-0.39, 0.29) is 19.1 Å². The van der Waals surface area contributed by atoms with E-state index in [0.717, 1.165) is 44.3 Å². The Balaban J connectivity index is 0. The number of para-hydroxylation sites is 1. The summed E-state index contributed by atoms with van der Waals surface area (Å²) in [5.74, 6) is 0.698. The Morgan fingerprint density at radius 2 is 1.40 bits per heavy atom. The van der Waals surface area contributed by atoms with E-state index >= 15 is 0 Å². The molecule has 0 aliphatic rings. The second kappa shape index (κ2) is 18.8. The largest absolute Gasteiger partial charge is 0.508 e. The second-order valence-electron chi connectivity index (χ2n) is 6.99. The summed E-state index contributed by atoms with van der Waals surface area (Å²) < 4.78 is 0. The summed E-state index contributed by atoms with van der Waals surface area (Å²) in [6.45, 7) is 11.3. The molecule has 0 heterocycles. The summed E-state index contributed by atoms with van der Waals surface area (Å²) in [6.07, 6.45) is 3.28. The average molecular weight is 418 g/mol. The van der Waals surface area contributed by atoms with Gasteiger partial charge in [-0.25, -0.2) is 0 Å². The molecule has 0 spiro atoms. The third-order valence-corrected chi connectivity index (χ3v) is 4.62. The Morgan fingerprint density at radius 1 is 0.900 bits per heavy atom. The van der Waals surface area contributed by atoms with Crippen LogP contribution < -0.4 is 0 Å². The molecule has 2 N–H and O–H groups in total. The monoisotopic (exact) mass is 417 g/mol. The maximum Gasteiger partial charge on any atom is 0.137 e. The van der Waals surface area contributed by atoms with Crippen molar-refractivity contribution in [3.63, 3.8) is 0 Å². The molecule has 0 aliphatic carbocycles. The van der Waals surface area contributed by atoms with Crippen LogP contribution in [-0.4, -0.2) is 47.6 Å².